The van der Waals surface area contributed by atoms with Crippen LogP contribution in [-0.2, 0) is 17.8 Å². The molecule has 0 atom stereocenters. The molecule has 2 heterocycles. The normalized spacial score (nSPS) is 10.6. The molecule has 0 bridgehead atoms. The van der Waals surface area contributed by atoms with E-state index >= 15 is 0 Å². The van der Waals surface area contributed by atoms with Crippen LogP contribution in [-0.4, -0.2) is 38.9 Å². The molecule has 2 N–H and O–H groups in total. The minimum atomic E-state index is -1.03. The Morgan fingerprint density at radius 3 is 2.25 bits per heavy atom. The topological polar surface area (TPSA) is 137 Å². The molecule has 0 radical (unpaired) electrons. The summed E-state index contributed by atoms with van der Waals surface area (Å²) in [5, 5.41) is 19.4. The van der Waals surface area contributed by atoms with E-state index in [1.54, 1.807) is 24.3 Å². The molecule has 200 valence electrons. The van der Waals surface area contributed by atoms with E-state index in [0.29, 0.717) is 24.4 Å². The highest BCUT2D eigenvalue weighted by Crippen LogP contribution is 2.26. The molecule has 5 rings (SSSR count). The second kappa shape index (κ2) is 12.4. The highest BCUT2D eigenvalue weighted by molar-refractivity contribution is 5.96. The number of aromatic nitrogens is 3. The lowest BCUT2D eigenvalue weighted by atomic mass is 10.0. The number of carbonyl (C=O) groups is 2. The van der Waals surface area contributed by atoms with Gasteiger partial charge in [0.25, 0.3) is 11.8 Å². The Hall–Kier alpha value is -5.51. The first-order valence-electron chi connectivity index (χ1n) is 12.4. The average Bonchev–Trinajstić information content (AvgIpc) is 3.42. The van der Waals surface area contributed by atoms with Crippen molar-refractivity contribution in [1.29, 1.82) is 0 Å². The van der Waals surface area contributed by atoms with Crippen molar-refractivity contribution in [2.24, 2.45) is 0 Å². The number of nitrogens with one attached hydrogen (secondary N) is 1. The molecule has 0 saturated carbocycles. The Balaban J connectivity index is 1.20. The first-order valence-corrected chi connectivity index (χ1v) is 12.4. The van der Waals surface area contributed by atoms with Crippen molar-refractivity contribution in [1.82, 2.24) is 20.6 Å². The number of carboxylic acids is 1. The molecule has 40 heavy (non-hydrogen) atoms. The van der Waals surface area contributed by atoms with Gasteiger partial charge in [-0.1, -0.05) is 71.9 Å². The minimum absolute atomic E-state index is 0.0936. The number of carbonyl (C=O) groups excluding carboxylic acids is 1. The van der Waals surface area contributed by atoms with Gasteiger partial charge in [0.15, 0.2) is 12.3 Å². The van der Waals surface area contributed by atoms with E-state index in [1.165, 1.54) is 6.20 Å². The molecule has 3 aromatic carbocycles. The Morgan fingerprint density at radius 2 is 1.52 bits per heavy atom. The molecule has 10 nitrogen and oxygen atoms in total. The van der Waals surface area contributed by atoms with Crippen molar-refractivity contribution in [3.8, 4) is 28.6 Å². The van der Waals surface area contributed by atoms with Gasteiger partial charge in [0.05, 0.1) is 0 Å². The summed E-state index contributed by atoms with van der Waals surface area (Å²) < 4.78 is 15.9. The van der Waals surface area contributed by atoms with Crippen molar-refractivity contribution in [3.63, 3.8) is 0 Å². The third-order valence-electron chi connectivity index (χ3n) is 5.90. The number of rotatable bonds is 11. The molecule has 1 amide bonds. The van der Waals surface area contributed by atoms with E-state index in [1.807, 2.05) is 66.7 Å². The van der Waals surface area contributed by atoms with Crippen molar-refractivity contribution >= 4 is 11.9 Å². The Kier molecular flexibility index (Phi) is 8.07. The van der Waals surface area contributed by atoms with Gasteiger partial charge in [0.2, 0.25) is 5.88 Å². The van der Waals surface area contributed by atoms with Crippen LogP contribution in [0.2, 0.25) is 0 Å². The molecule has 0 aliphatic rings. The minimum Gasteiger partial charge on any atom is -0.482 e. The fourth-order valence-corrected chi connectivity index (χ4v) is 3.89. The predicted octanol–water partition coefficient (Wildman–Crippen LogP) is 4.91. The maximum atomic E-state index is 13.0. The largest absolute Gasteiger partial charge is 0.482 e. The molecule has 5 aromatic rings. The summed E-state index contributed by atoms with van der Waals surface area (Å²) in [5.74, 6) is -0.661. The van der Waals surface area contributed by atoms with Gasteiger partial charge in [0, 0.05) is 19.2 Å². The first kappa shape index (κ1) is 26.1. The second-order valence-corrected chi connectivity index (χ2v) is 8.72. The standard InChI is InChI=1S/C30H24N4O6/c35-27(36)19-38-24-14-12-23(13-15-24)22-10-8-21(9-11-22)18-32-28(37)25-7-4-16-31-29(25)39-30-26(33-40-34-30)17-20-5-2-1-3-6-20/h1-16H,17-19H2,(H,32,37)(H,35,36). The molecular weight excluding hydrogens is 512 g/mol. The Labute approximate surface area is 229 Å². The molecule has 0 aliphatic carbocycles. The van der Waals surface area contributed by atoms with Crippen LogP contribution in [0.5, 0.6) is 17.5 Å². The fraction of sp³-hybridized carbons (Fsp3) is 0.100. The van der Waals surface area contributed by atoms with Gasteiger partial charge in [0.1, 0.15) is 11.3 Å². The Bertz CT molecular complexity index is 1590. The van der Waals surface area contributed by atoms with Crippen LogP contribution >= 0.6 is 0 Å². The maximum Gasteiger partial charge on any atom is 0.341 e. The number of carboxylic acid groups (broad SMARTS) is 1. The van der Waals surface area contributed by atoms with E-state index in [9.17, 15) is 9.59 Å². The zero-order chi connectivity index (χ0) is 27.7. The van der Waals surface area contributed by atoms with E-state index < -0.39 is 5.97 Å². The van der Waals surface area contributed by atoms with Gasteiger partial charge < -0.3 is 19.9 Å². The molecule has 10 heteroatoms. The zero-order valence-electron chi connectivity index (χ0n) is 21.2. The van der Waals surface area contributed by atoms with Crippen molar-refractivity contribution in [2.75, 3.05) is 6.61 Å². The van der Waals surface area contributed by atoms with Gasteiger partial charge in [-0.2, -0.15) is 0 Å². The predicted molar refractivity (Wildman–Crippen MR) is 144 cm³/mol. The maximum absolute atomic E-state index is 13.0. The number of ether oxygens (including phenoxy) is 2. The van der Waals surface area contributed by atoms with E-state index in [4.69, 9.17) is 19.2 Å². The van der Waals surface area contributed by atoms with Gasteiger partial charge >= 0.3 is 5.97 Å². The van der Waals surface area contributed by atoms with Crippen LogP contribution < -0.4 is 14.8 Å². The van der Waals surface area contributed by atoms with Crippen LogP contribution in [0, 0.1) is 0 Å². The smallest absolute Gasteiger partial charge is 0.341 e. The van der Waals surface area contributed by atoms with Crippen LogP contribution in [0.1, 0.15) is 27.2 Å². The number of pyridine rings is 1. The van der Waals surface area contributed by atoms with Gasteiger partial charge in [-0.05, 0) is 51.7 Å². The molecular formula is C30H24N4O6. The third-order valence-corrected chi connectivity index (χ3v) is 5.90. The lowest BCUT2D eigenvalue weighted by Gasteiger charge is -2.10. The fourth-order valence-electron chi connectivity index (χ4n) is 3.89. The first-order chi connectivity index (χ1) is 19.5. The molecule has 0 aliphatic heterocycles. The number of benzene rings is 3. The summed E-state index contributed by atoms with van der Waals surface area (Å²) in [6, 6.07) is 27.9. The van der Waals surface area contributed by atoms with Crippen molar-refractivity contribution in [3.05, 3.63) is 120 Å². The summed E-state index contributed by atoms with van der Waals surface area (Å²) in [7, 11) is 0. The number of amides is 1. The summed E-state index contributed by atoms with van der Waals surface area (Å²) in [6.07, 6.45) is 1.98. The monoisotopic (exact) mass is 536 g/mol. The molecule has 0 fully saturated rings. The number of hydrogen-bond acceptors (Lipinski definition) is 8. The van der Waals surface area contributed by atoms with Gasteiger partial charge in [-0.3, -0.25) is 4.79 Å². The molecule has 0 spiro atoms. The van der Waals surface area contributed by atoms with Gasteiger partial charge in [-0.15, -0.1) is 0 Å². The van der Waals surface area contributed by atoms with Crippen molar-refractivity contribution < 1.29 is 28.8 Å². The second-order valence-electron chi connectivity index (χ2n) is 8.72. The molecule has 2 aromatic heterocycles. The van der Waals surface area contributed by atoms with Crippen LogP contribution in [0.15, 0.2) is 102 Å². The van der Waals surface area contributed by atoms with Gasteiger partial charge in [-0.25, -0.2) is 14.4 Å². The van der Waals surface area contributed by atoms with Crippen LogP contribution in [0.25, 0.3) is 11.1 Å². The summed E-state index contributed by atoms with van der Waals surface area (Å²) >= 11 is 0. The number of aliphatic carboxylic acids is 1. The summed E-state index contributed by atoms with van der Waals surface area (Å²) in [4.78, 5) is 27.9. The average molecular weight is 537 g/mol. The lowest BCUT2D eigenvalue weighted by Crippen LogP contribution is -2.23. The van der Waals surface area contributed by atoms with E-state index in [2.05, 4.69) is 20.6 Å². The Morgan fingerprint density at radius 1 is 0.800 bits per heavy atom. The van der Waals surface area contributed by atoms with E-state index in [-0.39, 0.29) is 29.8 Å². The SMILES string of the molecule is O=C(O)COc1ccc(-c2ccc(CNC(=O)c3cccnc3Oc3nonc3Cc3ccccc3)cc2)cc1. The van der Waals surface area contributed by atoms with E-state index in [0.717, 1.165) is 22.3 Å². The van der Waals surface area contributed by atoms with Crippen LogP contribution in [0.4, 0.5) is 0 Å². The number of nitrogens with zero attached hydrogens (tertiary/aromatic N) is 3. The summed E-state index contributed by atoms with van der Waals surface area (Å²) in [5.41, 5.74) is 4.56. The molecule has 0 unspecified atom stereocenters. The highest BCUT2D eigenvalue weighted by Gasteiger charge is 2.19. The summed E-state index contributed by atoms with van der Waals surface area (Å²) in [6.45, 7) is -0.0979. The number of hydrogen-bond donors (Lipinski definition) is 2. The highest BCUT2D eigenvalue weighted by atomic mass is 16.6. The zero-order valence-corrected chi connectivity index (χ0v) is 21.2. The third kappa shape index (κ3) is 6.67. The van der Waals surface area contributed by atoms with Crippen molar-refractivity contribution in [2.45, 2.75) is 13.0 Å². The molecule has 0 saturated heterocycles. The quantitative estimate of drug-likeness (QED) is 0.241. The van der Waals surface area contributed by atoms with Crippen LogP contribution in [0.3, 0.4) is 0 Å². The lowest BCUT2D eigenvalue weighted by molar-refractivity contribution is -0.139.